The quantitative estimate of drug-likeness (QED) is 0.297. The van der Waals surface area contributed by atoms with Crippen LogP contribution < -0.4 is 0 Å². The molecule has 2 heterocycles. The van der Waals surface area contributed by atoms with Crippen molar-refractivity contribution in [1.82, 2.24) is 0 Å². The minimum Gasteiger partial charge on any atom is -0.396 e. The van der Waals surface area contributed by atoms with Crippen molar-refractivity contribution in [3.63, 3.8) is 0 Å². The van der Waals surface area contributed by atoms with Gasteiger partial charge in [-0.25, -0.2) is 0 Å². The van der Waals surface area contributed by atoms with Crippen LogP contribution in [0.4, 0.5) is 0 Å². The summed E-state index contributed by atoms with van der Waals surface area (Å²) in [5, 5.41) is 51.4. The van der Waals surface area contributed by atoms with Crippen LogP contribution in [0.5, 0.6) is 0 Å². The molecule has 2 unspecified atom stereocenters. The number of hydrogen-bond acceptors (Lipinski definition) is 10. The van der Waals surface area contributed by atoms with E-state index in [1.54, 1.807) is 6.92 Å². The SMILES string of the molecule is CC1C(=O)[C@@H](O)[C@]23CO[C@@]24C[C@@H](O)[C@@H](O[C@@H]3C1SCCO)[C@@]4(O)CSCCO. The van der Waals surface area contributed by atoms with Crippen LogP contribution in [-0.2, 0) is 14.3 Å². The van der Waals surface area contributed by atoms with E-state index in [0.717, 1.165) is 0 Å². The number of aliphatic hydroxyl groups is 5. The van der Waals surface area contributed by atoms with Gasteiger partial charge in [0.15, 0.2) is 5.78 Å². The van der Waals surface area contributed by atoms with Crippen molar-refractivity contribution < 1.29 is 39.8 Å². The highest BCUT2D eigenvalue weighted by molar-refractivity contribution is 8.00. The Morgan fingerprint density at radius 3 is 2.50 bits per heavy atom. The van der Waals surface area contributed by atoms with Gasteiger partial charge in [0.2, 0.25) is 0 Å². The number of fused-ring (bicyclic) bond motifs is 1. The molecule has 0 radical (unpaired) electrons. The summed E-state index contributed by atoms with van der Waals surface area (Å²) in [4.78, 5) is 12.9. The lowest BCUT2D eigenvalue weighted by Gasteiger charge is -2.71. The molecule has 10 heteroatoms. The molecule has 2 saturated heterocycles. The van der Waals surface area contributed by atoms with E-state index in [0.29, 0.717) is 11.5 Å². The smallest absolute Gasteiger partial charge is 0.166 e. The number of ether oxygens (including phenoxy) is 2. The van der Waals surface area contributed by atoms with Crippen LogP contribution in [0.2, 0.25) is 0 Å². The molecular formula is C18H28O8S2. The second kappa shape index (κ2) is 7.35. The van der Waals surface area contributed by atoms with Crippen molar-refractivity contribution in [3.05, 3.63) is 0 Å². The Morgan fingerprint density at radius 2 is 1.89 bits per heavy atom. The third kappa shape index (κ3) is 2.44. The van der Waals surface area contributed by atoms with E-state index in [4.69, 9.17) is 14.6 Å². The molecule has 2 aliphatic carbocycles. The molecule has 28 heavy (non-hydrogen) atoms. The molecule has 8 nitrogen and oxygen atoms in total. The van der Waals surface area contributed by atoms with Gasteiger partial charge in [-0.15, -0.1) is 0 Å². The van der Waals surface area contributed by atoms with Gasteiger partial charge in [-0.2, -0.15) is 23.5 Å². The summed E-state index contributed by atoms with van der Waals surface area (Å²) in [6.07, 6.45) is -3.73. The number of hydrogen-bond donors (Lipinski definition) is 5. The van der Waals surface area contributed by atoms with Gasteiger partial charge in [-0.1, -0.05) is 6.92 Å². The predicted molar refractivity (Wildman–Crippen MR) is 103 cm³/mol. The molecule has 0 aromatic rings. The van der Waals surface area contributed by atoms with E-state index in [-0.39, 0.29) is 43.0 Å². The lowest BCUT2D eigenvalue weighted by molar-refractivity contribution is -0.413. The number of carbonyl (C=O) groups excluding carboxylic acids is 1. The number of Topliss-reactive ketones (excluding diaryl/α,β-unsaturated/α-hetero) is 1. The normalized spacial score (nSPS) is 52.1. The van der Waals surface area contributed by atoms with E-state index >= 15 is 0 Å². The van der Waals surface area contributed by atoms with Gasteiger partial charge in [0, 0.05) is 34.8 Å². The first-order valence-electron chi connectivity index (χ1n) is 9.63. The van der Waals surface area contributed by atoms with Gasteiger partial charge in [-0.3, -0.25) is 4.79 Å². The number of ketones is 1. The van der Waals surface area contributed by atoms with Crippen molar-refractivity contribution in [3.8, 4) is 0 Å². The minimum absolute atomic E-state index is 0.0419. The van der Waals surface area contributed by atoms with Gasteiger partial charge in [0.25, 0.3) is 0 Å². The summed E-state index contributed by atoms with van der Waals surface area (Å²) in [6.45, 7) is 1.73. The van der Waals surface area contributed by atoms with E-state index in [1.807, 2.05) is 0 Å². The van der Waals surface area contributed by atoms with Gasteiger partial charge in [-0.05, 0) is 0 Å². The van der Waals surface area contributed by atoms with Crippen LogP contribution in [0.3, 0.4) is 0 Å². The number of rotatable bonds is 7. The molecule has 2 bridgehead atoms. The summed E-state index contributed by atoms with van der Waals surface area (Å²) in [7, 11) is 0. The highest BCUT2D eigenvalue weighted by Crippen LogP contribution is 2.69. The highest BCUT2D eigenvalue weighted by atomic mass is 32.2. The monoisotopic (exact) mass is 436 g/mol. The highest BCUT2D eigenvalue weighted by Gasteiger charge is 2.86. The maximum Gasteiger partial charge on any atom is 0.166 e. The molecule has 0 aromatic carbocycles. The fourth-order valence-corrected chi connectivity index (χ4v) is 8.04. The maximum absolute atomic E-state index is 12.9. The third-order valence-electron chi connectivity index (χ3n) is 7.08. The van der Waals surface area contributed by atoms with Crippen LogP contribution in [0.15, 0.2) is 0 Å². The first-order valence-corrected chi connectivity index (χ1v) is 11.8. The molecule has 4 fully saturated rings. The van der Waals surface area contributed by atoms with Crippen molar-refractivity contribution in [1.29, 1.82) is 0 Å². The van der Waals surface area contributed by atoms with Crippen LogP contribution in [0, 0.1) is 11.3 Å². The van der Waals surface area contributed by atoms with Crippen LogP contribution in [0.25, 0.3) is 0 Å². The predicted octanol–water partition coefficient (Wildman–Crippen LogP) is -1.60. The first kappa shape index (κ1) is 21.3. The fraction of sp³-hybridized carbons (Fsp3) is 0.944. The standard InChI is InChI=1S/C18H28O8S2/c1-9-11(22)13(23)16-7-25-18(16)6-10(21)14(17(18,24)8-27-4-2-19)26-15(16)12(9)28-5-3-20/h9-10,12-15,19-21,23-24H,2-8H2,1H3/t9?,10-,12?,13-,14-,15-,16+,17+,18+/m1/s1. The zero-order valence-corrected chi connectivity index (χ0v) is 17.3. The fourth-order valence-electron chi connectivity index (χ4n) is 5.78. The molecular weight excluding hydrogens is 408 g/mol. The summed E-state index contributed by atoms with van der Waals surface area (Å²) in [6, 6.07) is 0. The summed E-state index contributed by atoms with van der Waals surface area (Å²) in [5.41, 5.74) is -3.98. The average molecular weight is 437 g/mol. The van der Waals surface area contributed by atoms with Crippen LogP contribution in [-0.4, -0.2) is 109 Å². The maximum atomic E-state index is 12.9. The zero-order valence-electron chi connectivity index (χ0n) is 15.7. The Labute approximate surface area is 172 Å². The zero-order chi connectivity index (χ0) is 20.3. The Kier molecular flexibility index (Phi) is 5.60. The minimum atomic E-state index is -1.57. The summed E-state index contributed by atoms with van der Waals surface area (Å²) < 4.78 is 12.2. The summed E-state index contributed by atoms with van der Waals surface area (Å²) >= 11 is 2.74. The van der Waals surface area contributed by atoms with Gasteiger partial charge >= 0.3 is 0 Å². The van der Waals surface area contributed by atoms with Gasteiger partial charge in [0.1, 0.15) is 23.4 Å². The molecule has 2 aliphatic heterocycles. The van der Waals surface area contributed by atoms with Crippen LogP contribution >= 0.6 is 23.5 Å². The Morgan fingerprint density at radius 1 is 1.18 bits per heavy atom. The summed E-state index contributed by atoms with van der Waals surface area (Å²) in [5.74, 6) is 0.195. The molecule has 9 atom stereocenters. The molecule has 0 amide bonds. The van der Waals surface area contributed by atoms with Crippen molar-refractivity contribution in [2.45, 2.75) is 54.2 Å². The number of carbonyl (C=O) groups is 1. The van der Waals surface area contributed by atoms with Crippen LogP contribution in [0.1, 0.15) is 13.3 Å². The van der Waals surface area contributed by atoms with E-state index in [9.17, 15) is 25.2 Å². The molecule has 4 aliphatic rings. The Balaban J connectivity index is 1.76. The van der Waals surface area contributed by atoms with E-state index in [2.05, 4.69) is 0 Å². The number of aliphatic hydroxyl groups excluding tert-OH is 4. The molecule has 2 saturated carbocycles. The first-order chi connectivity index (χ1) is 13.3. The lowest BCUT2D eigenvalue weighted by Crippen LogP contribution is -2.88. The third-order valence-corrected chi connectivity index (χ3v) is 9.66. The van der Waals surface area contributed by atoms with Gasteiger partial charge in [0.05, 0.1) is 37.4 Å². The largest absolute Gasteiger partial charge is 0.396 e. The number of thioether (sulfide) groups is 2. The lowest BCUT2D eigenvalue weighted by atomic mass is 9.50. The van der Waals surface area contributed by atoms with E-state index in [1.165, 1.54) is 23.5 Å². The second-order valence-electron chi connectivity index (χ2n) is 8.26. The molecule has 160 valence electrons. The van der Waals surface area contributed by atoms with Crippen molar-refractivity contribution in [2.75, 3.05) is 37.1 Å². The van der Waals surface area contributed by atoms with E-state index < -0.39 is 47.0 Å². The van der Waals surface area contributed by atoms with Crippen molar-refractivity contribution in [2.24, 2.45) is 11.3 Å². The molecule has 5 N–H and O–H groups in total. The Hall–Kier alpha value is 0.0900. The average Bonchev–Trinajstić information content (AvgIpc) is 2.84. The van der Waals surface area contributed by atoms with Crippen molar-refractivity contribution >= 4 is 29.3 Å². The topological polar surface area (TPSA) is 137 Å². The molecule has 2 spiro atoms. The molecule has 0 aromatic heterocycles. The Bertz CT molecular complexity index is 637. The molecule has 4 rings (SSSR count). The second-order valence-corrected chi connectivity index (χ2v) is 10.6. The van der Waals surface area contributed by atoms with Gasteiger partial charge < -0.3 is 35.0 Å².